The normalized spacial score (nSPS) is 11.4. The van der Waals surface area contributed by atoms with E-state index < -0.39 is 5.56 Å². The first-order valence-electron chi connectivity index (χ1n) is 10.9. The Morgan fingerprint density at radius 2 is 1.78 bits per heavy atom. The average molecular weight is 439 g/mol. The second kappa shape index (κ2) is 13.0. The molecule has 3 heterocycles. The van der Waals surface area contributed by atoms with E-state index in [1.165, 1.54) is 6.92 Å². The predicted octanol–water partition coefficient (Wildman–Crippen LogP) is 4.87. The molecule has 8 nitrogen and oxygen atoms in total. The molecule has 0 radical (unpaired) electrons. The van der Waals surface area contributed by atoms with Gasteiger partial charge in [0, 0.05) is 6.42 Å². The smallest absolute Gasteiger partial charge is 0.257 e. The fourth-order valence-electron chi connectivity index (χ4n) is 2.73. The molecule has 0 atom stereocenters. The summed E-state index contributed by atoms with van der Waals surface area (Å²) in [6.45, 7) is 15.2. The lowest BCUT2D eigenvalue weighted by Crippen LogP contribution is -2.13. The molecule has 32 heavy (non-hydrogen) atoms. The molecule has 0 fully saturated rings. The minimum Gasteiger partial charge on any atom is -0.493 e. The number of aromatic amines is 1. The highest BCUT2D eigenvalue weighted by Gasteiger charge is 2.15. The van der Waals surface area contributed by atoms with Gasteiger partial charge in [0.05, 0.1) is 17.5 Å². The quantitative estimate of drug-likeness (QED) is 0.550. The molecular weight excluding hydrogens is 404 g/mol. The van der Waals surface area contributed by atoms with E-state index >= 15 is 0 Å². The molecule has 0 amide bonds. The van der Waals surface area contributed by atoms with Gasteiger partial charge in [-0.05, 0) is 33.3 Å². The molecule has 0 aliphatic heterocycles. The van der Waals surface area contributed by atoms with Gasteiger partial charge in [0.15, 0.2) is 11.5 Å². The summed E-state index contributed by atoms with van der Waals surface area (Å²) < 4.78 is 1.62. The van der Waals surface area contributed by atoms with E-state index in [-0.39, 0.29) is 17.3 Å². The van der Waals surface area contributed by atoms with Crippen molar-refractivity contribution in [1.82, 2.24) is 29.5 Å². The van der Waals surface area contributed by atoms with Crippen LogP contribution in [0, 0.1) is 13.8 Å². The molecule has 3 aromatic rings. The maximum Gasteiger partial charge on any atom is 0.257 e. The Bertz CT molecular complexity index is 1170. The van der Waals surface area contributed by atoms with E-state index in [9.17, 15) is 9.90 Å². The zero-order valence-electron chi connectivity index (χ0n) is 20.3. The van der Waals surface area contributed by atoms with E-state index in [0.717, 1.165) is 5.57 Å². The highest BCUT2D eigenvalue weighted by Crippen LogP contribution is 2.20. The molecule has 0 aromatic carbocycles. The fourth-order valence-corrected chi connectivity index (χ4v) is 2.73. The number of hydrogen-bond acceptors (Lipinski definition) is 6. The molecule has 0 spiro atoms. The van der Waals surface area contributed by atoms with Crippen LogP contribution in [-0.2, 0) is 6.42 Å². The van der Waals surface area contributed by atoms with Gasteiger partial charge in [0.1, 0.15) is 11.5 Å². The number of allylic oxidation sites excluding steroid dienone is 6. The fraction of sp³-hybridized carbons (Fsp3) is 0.375. The first-order chi connectivity index (χ1) is 15.4. The van der Waals surface area contributed by atoms with Crippen molar-refractivity contribution >= 4 is 5.65 Å². The van der Waals surface area contributed by atoms with E-state index in [1.54, 1.807) is 17.6 Å². The Morgan fingerprint density at radius 3 is 2.38 bits per heavy atom. The molecule has 0 unspecified atom stereocenters. The van der Waals surface area contributed by atoms with Crippen LogP contribution in [0.25, 0.3) is 17.2 Å². The van der Waals surface area contributed by atoms with Crippen LogP contribution < -0.4 is 5.56 Å². The number of aryl methyl sites for hydroxylation is 1. The van der Waals surface area contributed by atoms with Crippen LogP contribution in [0.2, 0.25) is 0 Å². The average Bonchev–Trinajstić information content (AvgIpc) is 3.18. The maximum atomic E-state index is 12.0. The monoisotopic (exact) mass is 438 g/mol. The van der Waals surface area contributed by atoms with Crippen molar-refractivity contribution in [2.24, 2.45) is 0 Å². The summed E-state index contributed by atoms with van der Waals surface area (Å²) in [6, 6.07) is 0. The van der Waals surface area contributed by atoms with Gasteiger partial charge in [-0.3, -0.25) is 4.79 Å². The Kier molecular flexibility index (Phi) is 10.8. The number of nitrogens with zero attached hydrogens (tertiary/aromatic N) is 5. The number of fused-ring (bicyclic) bond motifs is 1. The molecular formula is C24H34N6O2. The molecule has 0 bridgehead atoms. The third kappa shape index (κ3) is 6.47. The van der Waals surface area contributed by atoms with Gasteiger partial charge in [-0.15, -0.1) is 0 Å². The van der Waals surface area contributed by atoms with Gasteiger partial charge in [-0.25, -0.2) is 14.5 Å². The van der Waals surface area contributed by atoms with Crippen LogP contribution in [0.1, 0.15) is 58.6 Å². The summed E-state index contributed by atoms with van der Waals surface area (Å²) in [5, 5.41) is 14.3. The Balaban J connectivity index is 0.00000121. The number of rotatable bonds is 5. The van der Waals surface area contributed by atoms with Crippen molar-refractivity contribution in [3.8, 4) is 17.4 Å². The predicted molar refractivity (Wildman–Crippen MR) is 130 cm³/mol. The molecule has 2 N–H and O–H groups in total. The minimum absolute atomic E-state index is 0.159. The molecule has 172 valence electrons. The van der Waals surface area contributed by atoms with Gasteiger partial charge >= 0.3 is 0 Å². The lowest BCUT2D eigenvalue weighted by Gasteiger charge is -2.08. The third-order valence-corrected chi connectivity index (χ3v) is 4.12. The third-order valence-electron chi connectivity index (χ3n) is 4.12. The molecule has 3 aromatic heterocycles. The number of nitrogens with one attached hydrogen (secondary N) is 1. The van der Waals surface area contributed by atoms with E-state index in [0.29, 0.717) is 29.3 Å². The zero-order valence-corrected chi connectivity index (χ0v) is 20.3. The largest absolute Gasteiger partial charge is 0.493 e. The lowest BCUT2D eigenvalue weighted by atomic mass is 10.1. The number of hydrogen-bond donors (Lipinski definition) is 2. The summed E-state index contributed by atoms with van der Waals surface area (Å²) in [7, 11) is 0. The van der Waals surface area contributed by atoms with Crippen LogP contribution in [0.5, 0.6) is 5.88 Å². The van der Waals surface area contributed by atoms with Crippen molar-refractivity contribution in [2.75, 3.05) is 0 Å². The molecule has 0 aliphatic carbocycles. The standard InChI is InChI=1S/C20H22N6O2.2C2H6/c1-5-7-9-14(8-6-2)10-15-18-21-13(4)25-26(18)11-16(22-15)17-23-19(27)12(3)20(28)24-17;2*1-2/h5-9,11H,10H2,1-4H3,(H2,23,24,27,28);2*1-2H3/b7-5-,8-6-,14-9+;;. The van der Waals surface area contributed by atoms with Crippen LogP contribution in [0.3, 0.4) is 0 Å². The Hall–Kier alpha value is -3.55. The van der Waals surface area contributed by atoms with Gasteiger partial charge in [0.25, 0.3) is 5.56 Å². The van der Waals surface area contributed by atoms with Crippen LogP contribution in [-0.4, -0.2) is 34.7 Å². The highest BCUT2D eigenvalue weighted by atomic mass is 16.3. The second-order valence-electron chi connectivity index (χ2n) is 6.31. The van der Waals surface area contributed by atoms with Crippen molar-refractivity contribution in [1.29, 1.82) is 0 Å². The van der Waals surface area contributed by atoms with Gasteiger partial charge < -0.3 is 10.1 Å². The molecule has 0 aliphatic rings. The summed E-state index contributed by atoms with van der Waals surface area (Å²) in [5.74, 6) is 0.465. The summed E-state index contributed by atoms with van der Waals surface area (Å²) in [5.41, 5.74) is 2.51. The van der Waals surface area contributed by atoms with Crippen LogP contribution in [0.4, 0.5) is 0 Å². The first kappa shape index (κ1) is 26.5. The lowest BCUT2D eigenvalue weighted by molar-refractivity contribution is 0.447. The Morgan fingerprint density at radius 1 is 1.09 bits per heavy atom. The minimum atomic E-state index is -0.414. The SMILES string of the molecule is CC.CC.C\C=C/C=C(\C=C/C)Cc1nc(-c2nc(O)c(C)c(=O)[nH]2)cn2nc(C)nc12. The second-order valence-corrected chi connectivity index (χ2v) is 6.31. The first-order valence-corrected chi connectivity index (χ1v) is 10.9. The summed E-state index contributed by atoms with van der Waals surface area (Å²) in [4.78, 5) is 27.9. The summed E-state index contributed by atoms with van der Waals surface area (Å²) >= 11 is 0. The van der Waals surface area contributed by atoms with E-state index in [2.05, 4.69) is 25.0 Å². The van der Waals surface area contributed by atoms with E-state index in [1.807, 2.05) is 71.9 Å². The maximum absolute atomic E-state index is 12.0. The van der Waals surface area contributed by atoms with Gasteiger partial charge in [-0.2, -0.15) is 10.1 Å². The summed E-state index contributed by atoms with van der Waals surface area (Å²) in [6.07, 6.45) is 12.0. The number of aromatic nitrogens is 6. The van der Waals surface area contributed by atoms with Crippen LogP contribution in [0.15, 0.2) is 46.9 Å². The van der Waals surface area contributed by atoms with E-state index in [4.69, 9.17) is 0 Å². The highest BCUT2D eigenvalue weighted by molar-refractivity contribution is 5.56. The van der Waals surface area contributed by atoms with Gasteiger partial charge in [0.2, 0.25) is 5.88 Å². The van der Waals surface area contributed by atoms with Gasteiger partial charge in [-0.1, -0.05) is 58.1 Å². The zero-order chi connectivity index (χ0) is 24.3. The number of H-pyrrole nitrogens is 1. The molecule has 8 heteroatoms. The molecule has 3 rings (SSSR count). The van der Waals surface area contributed by atoms with Crippen molar-refractivity contribution in [3.05, 3.63) is 69.6 Å². The topological polar surface area (TPSA) is 109 Å². The van der Waals surface area contributed by atoms with Crippen molar-refractivity contribution in [2.45, 2.75) is 61.8 Å². The van der Waals surface area contributed by atoms with Crippen LogP contribution >= 0.6 is 0 Å². The van der Waals surface area contributed by atoms with Crippen molar-refractivity contribution in [3.63, 3.8) is 0 Å². The van der Waals surface area contributed by atoms with Crippen molar-refractivity contribution < 1.29 is 5.11 Å². The molecule has 0 saturated heterocycles. The number of aromatic hydroxyl groups is 1. The Labute approximate surface area is 189 Å². The molecule has 0 saturated carbocycles.